The molecule has 1 amide bonds. The number of hydrogen-bond donors (Lipinski definition) is 0. The van der Waals surface area contributed by atoms with E-state index in [1.54, 1.807) is 36.1 Å². The van der Waals surface area contributed by atoms with Crippen molar-refractivity contribution in [1.29, 1.82) is 0 Å². The number of hydrogen-bond acceptors (Lipinski definition) is 5. The van der Waals surface area contributed by atoms with E-state index in [9.17, 15) is 13.2 Å². The lowest BCUT2D eigenvalue weighted by atomic mass is 10.1. The molecule has 1 heterocycles. The molecule has 1 fully saturated rings. The Labute approximate surface area is 171 Å². The summed E-state index contributed by atoms with van der Waals surface area (Å²) in [7, 11) is -0.608. The first-order valence-electron chi connectivity index (χ1n) is 9.37. The predicted octanol–water partition coefficient (Wildman–Crippen LogP) is 2.47. The van der Waals surface area contributed by atoms with Crippen LogP contribution in [0.2, 0.25) is 0 Å². The molecule has 0 bridgehead atoms. The van der Waals surface area contributed by atoms with Crippen LogP contribution in [-0.2, 0) is 10.0 Å². The van der Waals surface area contributed by atoms with Gasteiger partial charge in [0.25, 0.3) is 5.91 Å². The number of carbonyl (C=O) groups is 1. The summed E-state index contributed by atoms with van der Waals surface area (Å²) in [6.45, 7) is 4.72. The lowest BCUT2D eigenvalue weighted by molar-refractivity contribution is 0.0691. The molecule has 3 rings (SSSR count). The van der Waals surface area contributed by atoms with Crippen LogP contribution in [0.25, 0.3) is 0 Å². The Morgan fingerprint density at radius 2 is 1.52 bits per heavy atom. The van der Waals surface area contributed by atoms with Gasteiger partial charge in [-0.1, -0.05) is 18.2 Å². The fraction of sp³-hybridized carbons (Fsp3) is 0.381. The maximum atomic E-state index is 13.1. The van der Waals surface area contributed by atoms with Gasteiger partial charge < -0.3 is 14.4 Å². The summed E-state index contributed by atoms with van der Waals surface area (Å²) in [5.74, 6) is 0.627. The van der Waals surface area contributed by atoms with Crippen molar-refractivity contribution in [3.05, 3.63) is 53.1 Å². The first-order chi connectivity index (χ1) is 13.8. The standard InChI is InChI=1S/C21H26N2O5S/c1-15-8-9-16(2)19(14-15)29(25,26)23-12-10-22(11-13-23)21(24)20-17(27-3)6-5-7-18(20)28-4/h5-9,14H,10-13H2,1-4H3. The van der Waals surface area contributed by atoms with Crippen LogP contribution in [0.3, 0.4) is 0 Å². The van der Waals surface area contributed by atoms with E-state index in [-0.39, 0.29) is 19.0 Å². The second kappa shape index (κ2) is 8.42. The van der Waals surface area contributed by atoms with Crippen molar-refractivity contribution in [2.45, 2.75) is 18.7 Å². The maximum Gasteiger partial charge on any atom is 0.261 e. The highest BCUT2D eigenvalue weighted by atomic mass is 32.2. The van der Waals surface area contributed by atoms with Gasteiger partial charge in [-0.3, -0.25) is 4.79 Å². The van der Waals surface area contributed by atoms with Crippen LogP contribution in [0.15, 0.2) is 41.3 Å². The third-order valence-corrected chi connectivity index (χ3v) is 7.17. The Morgan fingerprint density at radius 1 is 0.931 bits per heavy atom. The first-order valence-corrected chi connectivity index (χ1v) is 10.8. The van der Waals surface area contributed by atoms with E-state index in [1.807, 2.05) is 19.1 Å². The SMILES string of the molecule is COc1cccc(OC)c1C(=O)N1CCN(S(=O)(=O)c2cc(C)ccc2C)CC1. The number of amides is 1. The molecule has 0 unspecified atom stereocenters. The summed E-state index contributed by atoms with van der Waals surface area (Å²) in [6.07, 6.45) is 0. The molecule has 2 aromatic carbocycles. The zero-order valence-electron chi connectivity index (χ0n) is 17.1. The maximum absolute atomic E-state index is 13.1. The van der Waals surface area contributed by atoms with E-state index in [1.165, 1.54) is 18.5 Å². The van der Waals surface area contributed by atoms with Crippen LogP contribution in [0.1, 0.15) is 21.5 Å². The Balaban J connectivity index is 1.79. The van der Waals surface area contributed by atoms with Crippen molar-refractivity contribution in [3.63, 3.8) is 0 Å². The minimum atomic E-state index is -3.61. The Hall–Kier alpha value is -2.58. The molecule has 0 saturated carbocycles. The highest BCUT2D eigenvalue weighted by Crippen LogP contribution is 2.30. The monoisotopic (exact) mass is 418 g/mol. The van der Waals surface area contributed by atoms with Gasteiger partial charge in [-0.2, -0.15) is 4.31 Å². The fourth-order valence-electron chi connectivity index (χ4n) is 3.48. The number of aryl methyl sites for hydroxylation is 2. The van der Waals surface area contributed by atoms with E-state index >= 15 is 0 Å². The molecule has 156 valence electrons. The third-order valence-electron chi connectivity index (χ3n) is 5.13. The topological polar surface area (TPSA) is 76.2 Å². The summed E-state index contributed by atoms with van der Waals surface area (Å²) in [5, 5.41) is 0. The van der Waals surface area contributed by atoms with E-state index in [0.29, 0.717) is 40.6 Å². The summed E-state index contributed by atoms with van der Waals surface area (Å²) < 4.78 is 38.3. The number of sulfonamides is 1. The molecule has 7 nitrogen and oxygen atoms in total. The van der Waals surface area contributed by atoms with Crippen molar-refractivity contribution in [3.8, 4) is 11.5 Å². The van der Waals surface area contributed by atoms with Crippen molar-refractivity contribution < 1.29 is 22.7 Å². The molecule has 0 N–H and O–H groups in total. The van der Waals surface area contributed by atoms with Crippen LogP contribution in [0.5, 0.6) is 11.5 Å². The van der Waals surface area contributed by atoms with Crippen molar-refractivity contribution >= 4 is 15.9 Å². The second-order valence-corrected chi connectivity index (χ2v) is 8.91. The lowest BCUT2D eigenvalue weighted by Gasteiger charge is -2.34. The number of rotatable bonds is 5. The van der Waals surface area contributed by atoms with Crippen LogP contribution >= 0.6 is 0 Å². The largest absolute Gasteiger partial charge is 0.496 e. The van der Waals surface area contributed by atoms with Crippen molar-refractivity contribution in [2.75, 3.05) is 40.4 Å². The molecule has 1 aliphatic heterocycles. The highest BCUT2D eigenvalue weighted by molar-refractivity contribution is 7.89. The molecule has 1 saturated heterocycles. The van der Waals surface area contributed by atoms with E-state index in [2.05, 4.69) is 0 Å². The molecule has 2 aromatic rings. The normalized spacial score (nSPS) is 15.2. The molecule has 8 heteroatoms. The van der Waals surface area contributed by atoms with Crippen LogP contribution < -0.4 is 9.47 Å². The fourth-order valence-corrected chi connectivity index (χ4v) is 5.21. The summed E-state index contributed by atoms with van der Waals surface area (Å²) in [5.41, 5.74) is 1.96. The van der Waals surface area contributed by atoms with E-state index < -0.39 is 10.0 Å². The molecule has 29 heavy (non-hydrogen) atoms. The van der Waals surface area contributed by atoms with Crippen LogP contribution in [0, 0.1) is 13.8 Å². The van der Waals surface area contributed by atoms with Gasteiger partial charge in [-0.25, -0.2) is 8.42 Å². The highest BCUT2D eigenvalue weighted by Gasteiger charge is 2.33. The average molecular weight is 419 g/mol. The molecule has 0 aromatic heterocycles. The van der Waals surface area contributed by atoms with Crippen molar-refractivity contribution in [1.82, 2.24) is 9.21 Å². The molecule has 1 aliphatic rings. The van der Waals surface area contributed by atoms with Gasteiger partial charge in [-0.15, -0.1) is 0 Å². The number of nitrogens with zero attached hydrogens (tertiary/aromatic N) is 2. The van der Waals surface area contributed by atoms with Gasteiger partial charge in [0, 0.05) is 26.2 Å². The number of benzene rings is 2. The van der Waals surface area contributed by atoms with Gasteiger partial charge in [0.2, 0.25) is 10.0 Å². The van der Waals surface area contributed by atoms with Gasteiger partial charge in [0.05, 0.1) is 19.1 Å². The van der Waals surface area contributed by atoms with Gasteiger partial charge in [-0.05, 0) is 43.2 Å². The summed E-state index contributed by atoms with van der Waals surface area (Å²) >= 11 is 0. The van der Waals surface area contributed by atoms with Crippen LogP contribution in [0.4, 0.5) is 0 Å². The second-order valence-electron chi connectivity index (χ2n) is 7.00. The molecule has 0 radical (unpaired) electrons. The number of piperazine rings is 1. The smallest absolute Gasteiger partial charge is 0.261 e. The Kier molecular flexibility index (Phi) is 6.14. The Bertz CT molecular complexity index is 989. The quantitative estimate of drug-likeness (QED) is 0.746. The number of carbonyl (C=O) groups excluding carboxylic acids is 1. The summed E-state index contributed by atoms with van der Waals surface area (Å²) in [4.78, 5) is 15.0. The lowest BCUT2D eigenvalue weighted by Crippen LogP contribution is -2.50. The van der Waals surface area contributed by atoms with Gasteiger partial charge >= 0.3 is 0 Å². The van der Waals surface area contributed by atoms with Crippen molar-refractivity contribution in [2.24, 2.45) is 0 Å². The first kappa shape index (κ1) is 21.1. The molecule has 0 atom stereocenters. The number of ether oxygens (including phenoxy) is 2. The molecule has 0 aliphatic carbocycles. The predicted molar refractivity (Wildman–Crippen MR) is 110 cm³/mol. The van der Waals surface area contributed by atoms with Gasteiger partial charge in [0.1, 0.15) is 17.1 Å². The minimum Gasteiger partial charge on any atom is -0.496 e. The zero-order valence-corrected chi connectivity index (χ0v) is 18.0. The number of methoxy groups -OCH3 is 2. The third kappa shape index (κ3) is 4.09. The van der Waals surface area contributed by atoms with Crippen LogP contribution in [-0.4, -0.2) is 63.9 Å². The zero-order chi connectivity index (χ0) is 21.2. The molecular weight excluding hydrogens is 392 g/mol. The average Bonchev–Trinajstić information content (AvgIpc) is 2.74. The minimum absolute atomic E-state index is 0.233. The molecular formula is C21H26N2O5S. The summed E-state index contributed by atoms with van der Waals surface area (Å²) in [6, 6.07) is 10.6. The Morgan fingerprint density at radius 3 is 2.07 bits per heavy atom. The molecule has 0 spiro atoms. The van der Waals surface area contributed by atoms with E-state index in [0.717, 1.165) is 5.56 Å². The van der Waals surface area contributed by atoms with Gasteiger partial charge in [0.15, 0.2) is 0 Å². The van der Waals surface area contributed by atoms with E-state index in [4.69, 9.17) is 9.47 Å².